The number of benzene rings is 1. The van der Waals surface area contributed by atoms with Crippen molar-refractivity contribution in [2.24, 2.45) is 5.73 Å². The van der Waals surface area contributed by atoms with Crippen LogP contribution < -0.4 is 16.2 Å². The van der Waals surface area contributed by atoms with Gasteiger partial charge in [-0.3, -0.25) is 4.79 Å². The first kappa shape index (κ1) is 14.5. The molecule has 5 N–H and O–H groups in total. The molecule has 1 aromatic rings. The molecule has 0 bridgehead atoms. The maximum absolute atomic E-state index is 12.0. The van der Waals surface area contributed by atoms with Gasteiger partial charge in [0, 0.05) is 17.6 Å². The summed E-state index contributed by atoms with van der Waals surface area (Å²) in [5.74, 6) is -0.569. The first-order valence-corrected chi connectivity index (χ1v) is 6.78. The Morgan fingerprint density at radius 3 is 2.22 bits per heavy atom. The van der Waals surface area contributed by atoms with Crippen LogP contribution in [0.2, 0.25) is 0 Å². The molecule has 0 aliphatic rings. The molecule has 0 saturated heterocycles. The number of nitrogen functional groups attached to an aromatic ring is 1. The molecule has 0 radical (unpaired) electrons. The van der Waals surface area contributed by atoms with Gasteiger partial charge in [-0.25, -0.2) is 13.1 Å². The van der Waals surface area contributed by atoms with Gasteiger partial charge in [-0.1, -0.05) is 0 Å². The first-order chi connectivity index (χ1) is 8.12. The molecule has 0 unspecified atom stereocenters. The van der Waals surface area contributed by atoms with Crippen molar-refractivity contribution in [1.29, 1.82) is 0 Å². The molecule has 0 atom stereocenters. The van der Waals surface area contributed by atoms with E-state index in [-0.39, 0.29) is 11.3 Å². The van der Waals surface area contributed by atoms with Crippen molar-refractivity contribution >= 4 is 21.6 Å². The van der Waals surface area contributed by atoms with Crippen molar-refractivity contribution in [3.8, 4) is 0 Å². The molecule has 0 aliphatic carbocycles. The predicted octanol–water partition coefficient (Wildman–Crippen LogP) is 0.201. The fraction of sp³-hybridized carbons (Fsp3) is 0.364. The number of sulfonamides is 1. The lowest BCUT2D eigenvalue weighted by Crippen LogP contribution is -2.45. The molecule has 18 heavy (non-hydrogen) atoms. The van der Waals surface area contributed by atoms with Gasteiger partial charge in [-0.15, -0.1) is 0 Å². The predicted molar refractivity (Wildman–Crippen MR) is 69.1 cm³/mol. The maximum Gasteiger partial charge on any atom is 0.241 e. The SMILES string of the molecule is CC(C)(CC(N)=O)NS(=O)(=O)c1ccc(N)cc1. The van der Waals surface area contributed by atoms with Gasteiger partial charge in [-0.2, -0.15) is 0 Å². The van der Waals surface area contributed by atoms with Crippen LogP contribution in [0.15, 0.2) is 29.2 Å². The number of carbonyl (C=O) groups is 1. The lowest BCUT2D eigenvalue weighted by molar-refractivity contribution is -0.119. The second-order valence-electron chi connectivity index (χ2n) is 4.70. The molecule has 7 heteroatoms. The van der Waals surface area contributed by atoms with Crippen molar-refractivity contribution in [2.45, 2.75) is 30.7 Å². The van der Waals surface area contributed by atoms with Crippen LogP contribution in [0.3, 0.4) is 0 Å². The number of nitrogens with one attached hydrogen (secondary N) is 1. The van der Waals surface area contributed by atoms with E-state index in [1.54, 1.807) is 13.8 Å². The molecule has 1 amide bonds. The fourth-order valence-electron chi connectivity index (χ4n) is 1.54. The Balaban J connectivity index is 2.95. The highest BCUT2D eigenvalue weighted by Gasteiger charge is 2.27. The van der Waals surface area contributed by atoms with Crippen LogP contribution >= 0.6 is 0 Å². The van der Waals surface area contributed by atoms with E-state index >= 15 is 0 Å². The Hall–Kier alpha value is -1.60. The van der Waals surface area contributed by atoms with Crippen LogP contribution in [0, 0.1) is 0 Å². The third kappa shape index (κ3) is 4.01. The molecule has 0 heterocycles. The number of nitrogens with two attached hydrogens (primary N) is 2. The summed E-state index contributed by atoms with van der Waals surface area (Å²) in [5, 5.41) is 0. The largest absolute Gasteiger partial charge is 0.399 e. The number of amides is 1. The summed E-state index contributed by atoms with van der Waals surface area (Å²) in [6, 6.07) is 5.79. The maximum atomic E-state index is 12.0. The highest BCUT2D eigenvalue weighted by Crippen LogP contribution is 2.16. The second-order valence-corrected chi connectivity index (χ2v) is 6.38. The number of primary amides is 1. The molecule has 100 valence electrons. The molecule has 6 nitrogen and oxygen atoms in total. The number of rotatable bonds is 5. The van der Waals surface area contributed by atoms with Gasteiger partial charge in [-0.05, 0) is 38.1 Å². The number of anilines is 1. The van der Waals surface area contributed by atoms with Gasteiger partial charge >= 0.3 is 0 Å². The van der Waals surface area contributed by atoms with Gasteiger partial charge in [0.05, 0.1) is 4.90 Å². The highest BCUT2D eigenvalue weighted by molar-refractivity contribution is 7.89. The molecular weight excluding hydrogens is 254 g/mol. The summed E-state index contributed by atoms with van der Waals surface area (Å²) in [7, 11) is -3.69. The molecular formula is C11H17N3O3S. The van der Waals surface area contributed by atoms with Crippen molar-refractivity contribution < 1.29 is 13.2 Å². The minimum atomic E-state index is -3.69. The van der Waals surface area contributed by atoms with Crippen molar-refractivity contribution in [3.63, 3.8) is 0 Å². The summed E-state index contributed by atoms with van der Waals surface area (Å²) in [5.41, 5.74) is 10.1. The average Bonchev–Trinajstić information content (AvgIpc) is 2.13. The highest BCUT2D eigenvalue weighted by atomic mass is 32.2. The third-order valence-corrected chi connectivity index (χ3v) is 3.93. The molecule has 1 rings (SSSR count). The second kappa shape index (κ2) is 4.95. The summed E-state index contributed by atoms with van der Waals surface area (Å²) >= 11 is 0. The first-order valence-electron chi connectivity index (χ1n) is 5.30. The van der Waals surface area contributed by atoms with Crippen molar-refractivity contribution in [3.05, 3.63) is 24.3 Å². The zero-order valence-electron chi connectivity index (χ0n) is 10.3. The Morgan fingerprint density at radius 1 is 1.28 bits per heavy atom. The summed E-state index contributed by atoms with van der Waals surface area (Å²) in [4.78, 5) is 10.9. The van der Waals surface area contributed by atoms with Gasteiger partial charge in [0.25, 0.3) is 0 Å². The summed E-state index contributed by atoms with van der Waals surface area (Å²) < 4.78 is 26.5. The van der Waals surface area contributed by atoms with Crippen molar-refractivity contribution in [1.82, 2.24) is 4.72 Å². The third-order valence-electron chi connectivity index (χ3n) is 2.22. The normalized spacial score (nSPS) is 12.3. The molecule has 0 aliphatic heterocycles. The van der Waals surface area contributed by atoms with E-state index in [0.717, 1.165) is 0 Å². The minimum absolute atomic E-state index is 0.0821. The van der Waals surface area contributed by atoms with Gasteiger partial charge in [0.1, 0.15) is 0 Å². The Morgan fingerprint density at radius 2 is 1.78 bits per heavy atom. The lowest BCUT2D eigenvalue weighted by Gasteiger charge is -2.24. The minimum Gasteiger partial charge on any atom is -0.399 e. The quantitative estimate of drug-likeness (QED) is 0.663. The van der Waals surface area contributed by atoms with Crippen LogP contribution in [0.25, 0.3) is 0 Å². The van der Waals surface area contributed by atoms with Gasteiger partial charge in [0.2, 0.25) is 15.9 Å². The number of hydrogen-bond acceptors (Lipinski definition) is 4. The van der Waals surface area contributed by atoms with E-state index in [0.29, 0.717) is 5.69 Å². The summed E-state index contributed by atoms with van der Waals surface area (Å²) in [6.45, 7) is 3.18. The number of hydrogen-bond donors (Lipinski definition) is 3. The molecule has 0 spiro atoms. The van der Waals surface area contributed by atoms with Gasteiger partial charge in [0.15, 0.2) is 0 Å². The smallest absolute Gasteiger partial charge is 0.241 e. The van der Waals surface area contributed by atoms with E-state index < -0.39 is 21.5 Å². The van der Waals surface area contributed by atoms with Crippen LogP contribution in [-0.2, 0) is 14.8 Å². The Bertz CT molecular complexity index is 535. The van der Waals surface area contributed by atoms with E-state index in [9.17, 15) is 13.2 Å². The average molecular weight is 271 g/mol. The zero-order valence-corrected chi connectivity index (χ0v) is 11.1. The Labute approximate surface area is 106 Å². The summed E-state index contributed by atoms with van der Waals surface area (Å²) in [6.07, 6.45) is -0.0821. The van der Waals surface area contributed by atoms with E-state index in [1.165, 1.54) is 24.3 Å². The van der Waals surface area contributed by atoms with E-state index in [4.69, 9.17) is 11.5 Å². The van der Waals surface area contributed by atoms with Crippen LogP contribution in [0.5, 0.6) is 0 Å². The van der Waals surface area contributed by atoms with E-state index in [2.05, 4.69) is 4.72 Å². The number of carbonyl (C=O) groups excluding carboxylic acids is 1. The lowest BCUT2D eigenvalue weighted by atomic mass is 10.0. The van der Waals surface area contributed by atoms with Crippen molar-refractivity contribution in [2.75, 3.05) is 5.73 Å². The molecule has 1 aromatic carbocycles. The molecule has 0 aromatic heterocycles. The van der Waals surface area contributed by atoms with Crippen LogP contribution in [-0.4, -0.2) is 19.9 Å². The topological polar surface area (TPSA) is 115 Å². The van der Waals surface area contributed by atoms with Gasteiger partial charge < -0.3 is 11.5 Å². The standard InChI is InChI=1S/C11H17N3O3S/c1-11(2,7-10(13)15)14-18(16,17)9-5-3-8(12)4-6-9/h3-6,14H,7,12H2,1-2H3,(H2,13,15). The van der Waals surface area contributed by atoms with Crippen LogP contribution in [0.1, 0.15) is 20.3 Å². The molecule has 0 saturated carbocycles. The zero-order chi connectivity index (χ0) is 14.0. The van der Waals surface area contributed by atoms with E-state index in [1.807, 2.05) is 0 Å². The molecule has 0 fully saturated rings. The monoisotopic (exact) mass is 271 g/mol. The fourth-order valence-corrected chi connectivity index (χ4v) is 2.95. The van der Waals surface area contributed by atoms with Crippen LogP contribution in [0.4, 0.5) is 5.69 Å². The Kier molecular flexibility index (Phi) is 3.98.